The molecule has 0 radical (unpaired) electrons. The van der Waals surface area contributed by atoms with Crippen molar-refractivity contribution in [1.82, 2.24) is 20.4 Å². The van der Waals surface area contributed by atoms with Crippen LogP contribution < -0.4 is 10.6 Å². The van der Waals surface area contributed by atoms with E-state index in [0.717, 1.165) is 0 Å². The molecule has 12 nitrogen and oxygen atoms in total. The molecule has 0 aliphatic carbocycles. The van der Waals surface area contributed by atoms with Gasteiger partial charge in [0.1, 0.15) is 0 Å². The molecule has 4 unspecified atom stereocenters. The molecule has 4 saturated heterocycles. The van der Waals surface area contributed by atoms with Crippen LogP contribution in [0.3, 0.4) is 0 Å². The fourth-order valence-corrected chi connectivity index (χ4v) is 9.75. The van der Waals surface area contributed by atoms with Crippen LogP contribution in [0, 0.1) is 23.7 Å². The summed E-state index contributed by atoms with van der Waals surface area (Å²) >= 11 is 0. The molecule has 4 aliphatic rings. The Kier molecular flexibility index (Phi) is 10.1. The van der Waals surface area contributed by atoms with E-state index >= 15 is 0 Å². The molecule has 0 aromatic heterocycles. The second-order valence-corrected chi connectivity index (χ2v) is 20.7. The van der Waals surface area contributed by atoms with Gasteiger partial charge in [0.05, 0.1) is 23.7 Å². The molecule has 4 rings (SSSR count). The largest absolute Gasteiger partial charge is 0.619 e. The third kappa shape index (κ3) is 7.71. The molecular formula is C39H68N4O8. The molecule has 4 aliphatic heterocycles. The van der Waals surface area contributed by atoms with Crippen LogP contribution in [0.2, 0.25) is 0 Å². The van der Waals surface area contributed by atoms with Crippen molar-refractivity contribution in [1.29, 1.82) is 0 Å². The molecule has 0 amide bonds. The van der Waals surface area contributed by atoms with E-state index < -0.39 is 86.9 Å². The molecule has 0 spiro atoms. The highest BCUT2D eigenvalue weighted by Gasteiger charge is 2.63. The number of esters is 4. The summed E-state index contributed by atoms with van der Waals surface area (Å²) in [5.74, 6) is -6.24. The van der Waals surface area contributed by atoms with E-state index in [9.17, 15) is 19.2 Å². The number of carbonyl (C=O) groups is 4. The molecule has 0 aromatic carbocycles. The fraction of sp³-hybridized carbons (Fsp3) is 0.897. The molecule has 0 saturated carbocycles. The Morgan fingerprint density at radius 3 is 0.922 bits per heavy atom. The lowest BCUT2D eigenvalue weighted by Gasteiger charge is -2.39. The normalized spacial score (nSPS) is 33.6. The van der Waals surface area contributed by atoms with Gasteiger partial charge in [0.15, 0.2) is 0 Å². The number of rotatable bonds is 8. The van der Waals surface area contributed by atoms with Crippen molar-refractivity contribution in [3.05, 3.63) is 0 Å². The Bertz CT molecular complexity index is 1320. The second-order valence-electron chi connectivity index (χ2n) is 20.7. The van der Waals surface area contributed by atoms with Crippen LogP contribution in [-0.4, -0.2) is 98.2 Å². The molecule has 2 N–H and O–H groups in total. The van der Waals surface area contributed by atoms with Crippen molar-refractivity contribution in [3.63, 3.8) is 0 Å². The first-order valence-electron chi connectivity index (χ1n) is 18.6. The Morgan fingerprint density at radius 2 is 0.725 bits per heavy atom. The summed E-state index contributed by atoms with van der Waals surface area (Å²) < 4.78 is 24.5. The van der Waals surface area contributed by atoms with Crippen molar-refractivity contribution < 1.29 is 38.1 Å². The zero-order chi connectivity index (χ0) is 39.3. The van der Waals surface area contributed by atoms with Gasteiger partial charge in [-0.15, -0.1) is 0 Å². The van der Waals surface area contributed by atoms with Gasteiger partial charge in [-0.3, -0.25) is 29.0 Å². The van der Waals surface area contributed by atoms with Crippen LogP contribution in [0.25, 0.3) is 0 Å². The molecular weight excluding hydrogens is 652 g/mol. The standard InChI is InChI=1S/C39H68N4O8/c1-31(2)19-23(35(9,10)40-31)27(44)48-39(49-28(45)24-20-32(3,4)41-36(24,11)12,50-29(46)25-21-33(5,6)42(17)37(25,13)14)51-30(47)26-22-34(7,8)43(18)38(26,15)16/h23-26,40-41H,19-22H2,1-18H3. The van der Waals surface area contributed by atoms with Crippen LogP contribution in [0.15, 0.2) is 0 Å². The minimum Gasteiger partial charge on any atom is -0.352 e. The van der Waals surface area contributed by atoms with Gasteiger partial charge in [-0.25, -0.2) is 0 Å². The van der Waals surface area contributed by atoms with E-state index in [4.69, 9.17) is 18.9 Å². The molecule has 4 fully saturated rings. The highest BCUT2D eigenvalue weighted by molar-refractivity contribution is 5.81. The smallest absolute Gasteiger partial charge is 0.352 e. The number of nitrogens with zero attached hydrogens (tertiary/aromatic N) is 2. The monoisotopic (exact) mass is 721 g/mol. The summed E-state index contributed by atoms with van der Waals surface area (Å²) in [6.45, 7) is 31.3. The van der Waals surface area contributed by atoms with E-state index in [-0.39, 0.29) is 11.1 Å². The van der Waals surface area contributed by atoms with Gasteiger partial charge in [0.2, 0.25) is 0 Å². The average molecular weight is 721 g/mol. The summed E-state index contributed by atoms with van der Waals surface area (Å²) in [6, 6.07) is 0. The van der Waals surface area contributed by atoms with Gasteiger partial charge >= 0.3 is 30.0 Å². The minimum atomic E-state index is -3.11. The summed E-state index contributed by atoms with van der Waals surface area (Å²) in [5, 5.41) is 6.94. The number of nitrogens with one attached hydrogen (secondary N) is 2. The molecule has 292 valence electrons. The lowest BCUT2D eigenvalue weighted by Crippen LogP contribution is -2.56. The maximum atomic E-state index is 14.5. The predicted molar refractivity (Wildman–Crippen MR) is 194 cm³/mol. The minimum absolute atomic E-state index is 0.377. The molecule has 0 bridgehead atoms. The summed E-state index contributed by atoms with van der Waals surface area (Å²) in [7, 11) is 3.88. The van der Waals surface area contributed by atoms with Crippen LogP contribution in [0.4, 0.5) is 0 Å². The fourth-order valence-electron chi connectivity index (χ4n) is 9.75. The summed E-state index contributed by atoms with van der Waals surface area (Å²) in [5.41, 5.74) is -4.53. The van der Waals surface area contributed by atoms with Gasteiger partial charge in [-0.05, 0) is 151 Å². The third-order valence-corrected chi connectivity index (χ3v) is 13.2. The zero-order valence-electron chi connectivity index (χ0n) is 34.8. The van der Waals surface area contributed by atoms with Gasteiger partial charge in [-0.1, -0.05) is 0 Å². The Balaban J connectivity index is 1.85. The number of carbonyl (C=O) groups excluding carboxylic acids is 4. The Morgan fingerprint density at radius 1 is 0.471 bits per heavy atom. The number of likely N-dealkylation sites (tertiary alicyclic amines) is 2. The number of hydrogen-bond acceptors (Lipinski definition) is 12. The van der Waals surface area contributed by atoms with E-state index in [0.29, 0.717) is 25.7 Å². The molecule has 0 aromatic rings. The Labute approximate surface area is 306 Å². The first kappa shape index (κ1) is 41.5. The van der Waals surface area contributed by atoms with E-state index in [1.165, 1.54) is 0 Å². The molecule has 4 heterocycles. The molecule has 51 heavy (non-hydrogen) atoms. The molecule has 12 heteroatoms. The zero-order valence-corrected chi connectivity index (χ0v) is 34.8. The van der Waals surface area contributed by atoms with Crippen molar-refractivity contribution in [3.8, 4) is 0 Å². The second kappa shape index (κ2) is 12.4. The van der Waals surface area contributed by atoms with Crippen molar-refractivity contribution in [2.75, 3.05) is 14.1 Å². The van der Waals surface area contributed by atoms with Gasteiger partial charge in [0, 0.05) is 44.3 Å². The molecule has 4 atom stereocenters. The summed E-state index contributed by atoms with van der Waals surface area (Å²) in [4.78, 5) is 62.0. The van der Waals surface area contributed by atoms with E-state index in [1.54, 1.807) is 0 Å². The lowest BCUT2D eigenvalue weighted by atomic mass is 9.86. The lowest BCUT2D eigenvalue weighted by molar-refractivity contribution is -0.436. The summed E-state index contributed by atoms with van der Waals surface area (Å²) in [6.07, 6.45) is -1.56. The average Bonchev–Trinajstić information content (AvgIpc) is 3.44. The van der Waals surface area contributed by atoms with Gasteiger partial charge in [0.25, 0.3) is 0 Å². The maximum absolute atomic E-state index is 14.5. The van der Waals surface area contributed by atoms with Crippen molar-refractivity contribution in [2.24, 2.45) is 23.7 Å². The topological polar surface area (TPSA) is 136 Å². The van der Waals surface area contributed by atoms with E-state index in [2.05, 4.69) is 20.4 Å². The van der Waals surface area contributed by atoms with Gasteiger partial charge < -0.3 is 29.6 Å². The van der Waals surface area contributed by atoms with Crippen LogP contribution in [0.1, 0.15) is 136 Å². The highest BCUT2D eigenvalue weighted by atomic mass is 17.0. The number of ether oxygens (including phenoxy) is 4. The first-order chi connectivity index (χ1) is 22.6. The van der Waals surface area contributed by atoms with Crippen molar-refractivity contribution in [2.45, 2.75) is 187 Å². The Hall–Kier alpha value is -2.28. The van der Waals surface area contributed by atoms with Gasteiger partial charge in [-0.2, -0.15) is 0 Å². The number of hydrogen-bond donors (Lipinski definition) is 2. The van der Waals surface area contributed by atoms with Crippen LogP contribution in [-0.2, 0) is 38.1 Å². The third-order valence-electron chi connectivity index (χ3n) is 13.2. The quantitative estimate of drug-likeness (QED) is 0.255. The van der Waals surface area contributed by atoms with Crippen LogP contribution in [0.5, 0.6) is 0 Å². The van der Waals surface area contributed by atoms with Crippen LogP contribution >= 0.6 is 0 Å². The first-order valence-corrected chi connectivity index (χ1v) is 18.6. The van der Waals surface area contributed by atoms with Crippen molar-refractivity contribution >= 4 is 23.9 Å². The maximum Gasteiger partial charge on any atom is 0.619 e. The SMILES string of the molecule is CN1C(C)(C)CC(C(=O)OC(OC(=O)C2CC(C)(C)NC2(C)C)(OC(=O)C2CC(C)(C)NC2(C)C)OC(=O)C2CC(C)(C)N(C)C2(C)C)C1(C)C. The van der Waals surface area contributed by atoms with E-state index in [1.807, 2.05) is 125 Å². The highest BCUT2D eigenvalue weighted by Crippen LogP contribution is 2.48. The predicted octanol–water partition coefficient (Wildman–Crippen LogP) is 5.12.